The molecule has 4 rings (SSSR count). The lowest BCUT2D eigenvalue weighted by molar-refractivity contribution is -0.131. The molecule has 0 radical (unpaired) electrons. The van der Waals surface area contributed by atoms with E-state index in [1.807, 2.05) is 30.3 Å². The van der Waals surface area contributed by atoms with Gasteiger partial charge in [-0.15, -0.1) is 5.10 Å². The zero-order valence-corrected chi connectivity index (χ0v) is 16.3. The Morgan fingerprint density at radius 1 is 1.25 bits per heavy atom. The maximum Gasteiger partial charge on any atom is 0.308 e. The van der Waals surface area contributed by atoms with Crippen molar-refractivity contribution in [3.63, 3.8) is 0 Å². The minimum absolute atomic E-state index is 0.277. The lowest BCUT2D eigenvalue weighted by Crippen LogP contribution is -2.24. The van der Waals surface area contributed by atoms with Crippen LogP contribution in [0.1, 0.15) is 23.9 Å². The molecule has 0 fully saturated rings. The van der Waals surface area contributed by atoms with Crippen molar-refractivity contribution in [3.05, 3.63) is 85.4 Å². The van der Waals surface area contributed by atoms with Crippen LogP contribution in [0, 0.1) is 0 Å². The number of hydrogen-bond acceptors (Lipinski definition) is 6. The van der Waals surface area contributed by atoms with Crippen LogP contribution in [0.3, 0.4) is 0 Å². The highest BCUT2D eigenvalue weighted by atomic mass is 35.5. The first-order chi connectivity index (χ1) is 13.5. The van der Waals surface area contributed by atoms with Crippen molar-refractivity contribution in [2.75, 3.05) is 0 Å². The van der Waals surface area contributed by atoms with E-state index in [0.717, 1.165) is 5.56 Å². The molecule has 0 saturated heterocycles. The Balaban J connectivity index is 1.73. The van der Waals surface area contributed by atoms with Gasteiger partial charge in [-0.05, 0) is 29.8 Å². The monoisotopic (exact) mass is 411 g/mol. The zero-order valence-electron chi connectivity index (χ0n) is 14.8. The van der Waals surface area contributed by atoms with Gasteiger partial charge < -0.3 is 4.74 Å². The predicted octanol–water partition coefficient (Wildman–Crippen LogP) is 2.87. The molecule has 140 valence electrons. The van der Waals surface area contributed by atoms with Gasteiger partial charge in [0.15, 0.2) is 5.82 Å². The van der Waals surface area contributed by atoms with Crippen molar-refractivity contribution in [2.45, 2.75) is 13.3 Å². The SMILES string of the molecule is CC(=O)Oc1ccc(Cl)cc1/C=c1\sc2nc(Cc3ccccc3)nn2c1=O. The Morgan fingerprint density at radius 3 is 2.75 bits per heavy atom. The fraction of sp³-hybridized carbons (Fsp3) is 0.100. The number of ether oxygens (including phenoxy) is 1. The number of fused-ring (bicyclic) bond motifs is 1. The Bertz CT molecular complexity index is 1280. The molecule has 2 aromatic carbocycles. The third-order valence-corrected chi connectivity index (χ3v) is 5.14. The molecule has 0 aliphatic heterocycles. The molecule has 0 aliphatic rings. The van der Waals surface area contributed by atoms with Gasteiger partial charge in [-0.25, -0.2) is 4.98 Å². The van der Waals surface area contributed by atoms with Crippen LogP contribution in [0.15, 0.2) is 53.3 Å². The average Bonchev–Trinajstić information content (AvgIpc) is 3.17. The summed E-state index contributed by atoms with van der Waals surface area (Å²) in [5.74, 6) is 0.469. The number of carbonyl (C=O) groups is 1. The topological polar surface area (TPSA) is 73.6 Å². The molecule has 0 saturated carbocycles. The molecule has 6 nitrogen and oxygen atoms in total. The van der Waals surface area contributed by atoms with Crippen LogP contribution in [0.5, 0.6) is 5.75 Å². The molecule has 8 heteroatoms. The lowest BCUT2D eigenvalue weighted by Gasteiger charge is -2.05. The van der Waals surface area contributed by atoms with Gasteiger partial charge in [-0.1, -0.05) is 53.3 Å². The molecule has 0 bridgehead atoms. The maximum absolute atomic E-state index is 12.7. The number of aromatic nitrogens is 3. The van der Waals surface area contributed by atoms with E-state index in [-0.39, 0.29) is 5.56 Å². The second-order valence-electron chi connectivity index (χ2n) is 6.08. The number of nitrogens with zero attached hydrogens (tertiary/aromatic N) is 3. The molecule has 28 heavy (non-hydrogen) atoms. The first-order valence-corrected chi connectivity index (χ1v) is 9.61. The summed E-state index contributed by atoms with van der Waals surface area (Å²) < 4.78 is 6.91. The molecule has 0 aliphatic carbocycles. The molecule has 2 heterocycles. The van der Waals surface area contributed by atoms with Crippen LogP contribution in [-0.4, -0.2) is 20.6 Å². The van der Waals surface area contributed by atoms with Crippen molar-refractivity contribution < 1.29 is 9.53 Å². The number of rotatable bonds is 4. The summed E-state index contributed by atoms with van der Waals surface area (Å²) in [6.07, 6.45) is 2.18. The van der Waals surface area contributed by atoms with Gasteiger partial charge in [-0.3, -0.25) is 9.59 Å². The van der Waals surface area contributed by atoms with E-state index in [1.165, 1.54) is 22.8 Å². The highest BCUT2D eigenvalue weighted by molar-refractivity contribution is 7.15. The van der Waals surface area contributed by atoms with Gasteiger partial charge in [0.2, 0.25) is 4.96 Å². The fourth-order valence-corrected chi connectivity index (χ4v) is 3.85. The van der Waals surface area contributed by atoms with Gasteiger partial charge in [0, 0.05) is 23.9 Å². The highest BCUT2D eigenvalue weighted by Crippen LogP contribution is 2.24. The van der Waals surface area contributed by atoms with Crippen LogP contribution in [-0.2, 0) is 11.2 Å². The Hall–Kier alpha value is -3.03. The minimum Gasteiger partial charge on any atom is -0.426 e. The van der Waals surface area contributed by atoms with Crippen molar-refractivity contribution >= 4 is 39.9 Å². The number of thiazole rings is 1. The van der Waals surface area contributed by atoms with Gasteiger partial charge in [0.25, 0.3) is 5.56 Å². The second-order valence-corrected chi connectivity index (χ2v) is 7.52. The van der Waals surface area contributed by atoms with E-state index >= 15 is 0 Å². The van der Waals surface area contributed by atoms with Crippen LogP contribution < -0.4 is 14.8 Å². The quantitative estimate of drug-likeness (QED) is 0.381. The second kappa shape index (κ2) is 7.53. The summed E-state index contributed by atoms with van der Waals surface area (Å²) in [6, 6.07) is 14.7. The molecule has 0 unspecified atom stereocenters. The van der Waals surface area contributed by atoms with E-state index in [4.69, 9.17) is 16.3 Å². The van der Waals surface area contributed by atoms with E-state index in [1.54, 1.807) is 24.3 Å². The average molecular weight is 412 g/mol. The summed E-state index contributed by atoms with van der Waals surface area (Å²) in [4.78, 5) is 29.0. The smallest absolute Gasteiger partial charge is 0.308 e. The third-order valence-electron chi connectivity index (χ3n) is 3.94. The molecular formula is C20H14ClN3O3S. The lowest BCUT2D eigenvalue weighted by atomic mass is 10.1. The van der Waals surface area contributed by atoms with Crippen molar-refractivity contribution in [2.24, 2.45) is 0 Å². The van der Waals surface area contributed by atoms with Gasteiger partial charge in [-0.2, -0.15) is 4.52 Å². The zero-order chi connectivity index (χ0) is 19.7. The molecule has 0 atom stereocenters. The number of esters is 1. The van der Waals surface area contributed by atoms with Crippen LogP contribution >= 0.6 is 22.9 Å². The largest absolute Gasteiger partial charge is 0.426 e. The first kappa shape index (κ1) is 18.3. The van der Waals surface area contributed by atoms with Gasteiger partial charge in [0.1, 0.15) is 5.75 Å². The summed E-state index contributed by atoms with van der Waals surface area (Å²) in [5.41, 5.74) is 1.33. The Kier molecular flexibility index (Phi) is 4.93. The standard InChI is InChI=1S/C20H14ClN3O3S/c1-12(25)27-16-8-7-15(21)10-14(16)11-17-19(26)24-20(28-17)22-18(23-24)9-13-5-3-2-4-6-13/h2-8,10-11H,9H2,1H3/b17-11-. The Labute approximate surface area is 168 Å². The molecule has 2 aromatic heterocycles. The fourth-order valence-electron chi connectivity index (χ4n) is 2.75. The molecular weight excluding hydrogens is 398 g/mol. The summed E-state index contributed by atoms with van der Waals surface area (Å²) in [5, 5.41) is 4.80. The maximum atomic E-state index is 12.7. The number of halogens is 1. The van der Waals surface area contributed by atoms with Crippen molar-refractivity contribution in [1.82, 2.24) is 14.6 Å². The van der Waals surface area contributed by atoms with Gasteiger partial charge >= 0.3 is 5.97 Å². The first-order valence-electron chi connectivity index (χ1n) is 8.41. The van der Waals surface area contributed by atoms with Crippen molar-refractivity contribution in [1.29, 1.82) is 0 Å². The summed E-state index contributed by atoms with van der Waals surface area (Å²) >= 11 is 7.27. The minimum atomic E-state index is -0.451. The van der Waals surface area contributed by atoms with Crippen LogP contribution in [0.4, 0.5) is 0 Å². The summed E-state index contributed by atoms with van der Waals surface area (Å²) in [6.45, 7) is 1.31. The van der Waals surface area contributed by atoms with E-state index in [2.05, 4.69) is 10.1 Å². The number of hydrogen-bond donors (Lipinski definition) is 0. The van der Waals surface area contributed by atoms with Gasteiger partial charge in [0.05, 0.1) is 4.53 Å². The highest BCUT2D eigenvalue weighted by Gasteiger charge is 2.12. The normalized spacial score (nSPS) is 11.9. The number of carbonyl (C=O) groups excluding carboxylic acids is 1. The Morgan fingerprint density at radius 2 is 2.04 bits per heavy atom. The van der Waals surface area contributed by atoms with E-state index < -0.39 is 5.97 Å². The molecule has 0 spiro atoms. The van der Waals surface area contributed by atoms with Crippen LogP contribution in [0.2, 0.25) is 5.02 Å². The third kappa shape index (κ3) is 3.81. The van der Waals surface area contributed by atoms with Crippen molar-refractivity contribution in [3.8, 4) is 5.75 Å². The predicted molar refractivity (Wildman–Crippen MR) is 108 cm³/mol. The molecule has 0 N–H and O–H groups in total. The van der Waals surface area contributed by atoms with E-state index in [0.29, 0.717) is 38.1 Å². The molecule has 4 aromatic rings. The van der Waals surface area contributed by atoms with Crippen LogP contribution in [0.25, 0.3) is 11.0 Å². The number of benzene rings is 2. The summed E-state index contributed by atoms with van der Waals surface area (Å²) in [7, 11) is 0. The molecule has 0 amide bonds. The van der Waals surface area contributed by atoms with E-state index in [9.17, 15) is 9.59 Å².